The summed E-state index contributed by atoms with van der Waals surface area (Å²) in [5.41, 5.74) is -0.163. The topological polar surface area (TPSA) is 87.5 Å². The molecule has 13 heavy (non-hydrogen) atoms. The Kier molecular flexibility index (Phi) is 1.42. The summed E-state index contributed by atoms with van der Waals surface area (Å²) < 4.78 is 1.08. The number of carbonyl (C=O) groups is 1. The summed E-state index contributed by atoms with van der Waals surface area (Å²) in [5, 5.41) is 12.4. The van der Waals surface area contributed by atoms with E-state index in [0.717, 1.165) is 10.8 Å². The summed E-state index contributed by atoms with van der Waals surface area (Å²) in [6, 6.07) is 2.75. The van der Waals surface area contributed by atoms with Crippen molar-refractivity contribution in [1.29, 1.82) is 0 Å². The minimum absolute atomic E-state index is 0.0268. The van der Waals surface area contributed by atoms with Crippen LogP contribution in [-0.4, -0.2) is 25.7 Å². The Morgan fingerprint density at radius 3 is 3.00 bits per heavy atom. The molecule has 0 radical (unpaired) electrons. The number of rotatable bonds is 1. The number of fused-ring (bicyclic) bond motifs is 1. The van der Waals surface area contributed by atoms with Gasteiger partial charge in [0.25, 0.3) is 5.56 Å². The smallest absolute Gasteiger partial charge is 0.354 e. The van der Waals surface area contributed by atoms with Gasteiger partial charge in [-0.15, -0.1) is 0 Å². The van der Waals surface area contributed by atoms with Crippen LogP contribution in [0.25, 0.3) is 5.52 Å². The highest BCUT2D eigenvalue weighted by Gasteiger charge is 2.10. The predicted molar refractivity (Wildman–Crippen MR) is 42.8 cm³/mol. The molecule has 0 unspecified atom stereocenters. The third-order valence-corrected chi connectivity index (χ3v) is 1.68. The number of H-pyrrole nitrogens is 1. The van der Waals surface area contributed by atoms with Crippen LogP contribution in [0.3, 0.4) is 0 Å². The molecule has 2 heterocycles. The van der Waals surface area contributed by atoms with Gasteiger partial charge >= 0.3 is 5.97 Å². The minimum Gasteiger partial charge on any atom is -0.477 e. The molecule has 0 aliphatic rings. The zero-order valence-corrected chi connectivity index (χ0v) is 6.39. The number of carboxylic acids is 1. The molecule has 6 heteroatoms. The van der Waals surface area contributed by atoms with Crippen LogP contribution in [0.4, 0.5) is 0 Å². The second-order valence-corrected chi connectivity index (χ2v) is 2.44. The molecule has 66 valence electrons. The molecule has 0 atom stereocenters. The summed E-state index contributed by atoms with van der Waals surface area (Å²) in [4.78, 5) is 24.1. The minimum atomic E-state index is -1.11. The molecule has 0 bridgehead atoms. The Bertz CT molecular complexity index is 525. The van der Waals surface area contributed by atoms with E-state index in [4.69, 9.17) is 5.11 Å². The van der Waals surface area contributed by atoms with E-state index >= 15 is 0 Å². The standard InChI is InChI=1S/C7H5N3O3/c11-6-4-1-2-5(7(12)13)10(4)9-3-8-6/h1-3H,(H,12,13)(H,8,9,11). The van der Waals surface area contributed by atoms with E-state index in [1.54, 1.807) is 0 Å². The first kappa shape index (κ1) is 7.53. The highest BCUT2D eigenvalue weighted by molar-refractivity contribution is 5.87. The number of hydrogen-bond acceptors (Lipinski definition) is 3. The number of aromatic nitrogens is 3. The van der Waals surface area contributed by atoms with Gasteiger partial charge in [0.05, 0.1) is 0 Å². The van der Waals surface area contributed by atoms with Gasteiger partial charge in [-0.25, -0.2) is 9.31 Å². The van der Waals surface area contributed by atoms with Gasteiger partial charge in [0.1, 0.15) is 11.8 Å². The van der Waals surface area contributed by atoms with E-state index in [9.17, 15) is 9.59 Å². The highest BCUT2D eigenvalue weighted by atomic mass is 16.4. The monoisotopic (exact) mass is 179 g/mol. The van der Waals surface area contributed by atoms with Gasteiger partial charge < -0.3 is 10.1 Å². The van der Waals surface area contributed by atoms with Crippen molar-refractivity contribution in [3.63, 3.8) is 0 Å². The van der Waals surface area contributed by atoms with Crippen molar-refractivity contribution in [1.82, 2.24) is 14.6 Å². The van der Waals surface area contributed by atoms with E-state index in [0.29, 0.717) is 0 Å². The molecule has 0 aliphatic heterocycles. The number of hydrogen-bond donors (Lipinski definition) is 2. The molecule has 0 saturated heterocycles. The maximum Gasteiger partial charge on any atom is 0.354 e. The summed E-state index contributed by atoms with van der Waals surface area (Å²) in [5.74, 6) is -1.11. The van der Waals surface area contributed by atoms with Gasteiger partial charge in [-0.2, -0.15) is 5.10 Å². The van der Waals surface area contributed by atoms with E-state index in [1.807, 2.05) is 0 Å². The Morgan fingerprint density at radius 1 is 1.54 bits per heavy atom. The fourth-order valence-electron chi connectivity index (χ4n) is 1.11. The van der Waals surface area contributed by atoms with Crippen molar-refractivity contribution in [2.75, 3.05) is 0 Å². The molecule has 0 amide bonds. The molecule has 2 N–H and O–H groups in total. The van der Waals surface area contributed by atoms with Gasteiger partial charge in [0.15, 0.2) is 5.69 Å². The zero-order chi connectivity index (χ0) is 9.42. The zero-order valence-electron chi connectivity index (χ0n) is 6.39. The molecule has 0 saturated carbocycles. The lowest BCUT2D eigenvalue weighted by Crippen LogP contribution is -2.13. The van der Waals surface area contributed by atoms with E-state index in [1.165, 1.54) is 12.1 Å². The first-order valence-corrected chi connectivity index (χ1v) is 3.49. The van der Waals surface area contributed by atoms with Crippen LogP contribution >= 0.6 is 0 Å². The maximum atomic E-state index is 11.1. The third kappa shape index (κ3) is 0.994. The van der Waals surface area contributed by atoms with E-state index < -0.39 is 5.97 Å². The molecular weight excluding hydrogens is 174 g/mol. The van der Waals surface area contributed by atoms with Crippen molar-refractivity contribution in [2.24, 2.45) is 0 Å². The van der Waals surface area contributed by atoms with E-state index in [-0.39, 0.29) is 16.8 Å². The largest absolute Gasteiger partial charge is 0.477 e. The molecule has 2 aromatic heterocycles. The second-order valence-electron chi connectivity index (χ2n) is 2.44. The highest BCUT2D eigenvalue weighted by Crippen LogP contribution is 2.02. The third-order valence-electron chi connectivity index (χ3n) is 1.68. The van der Waals surface area contributed by atoms with Crippen LogP contribution in [0.1, 0.15) is 10.5 Å². The first-order chi connectivity index (χ1) is 6.20. The Hall–Kier alpha value is -2.11. The molecule has 0 spiro atoms. The predicted octanol–water partition coefficient (Wildman–Crippen LogP) is -0.279. The first-order valence-electron chi connectivity index (χ1n) is 3.49. The van der Waals surface area contributed by atoms with Crippen molar-refractivity contribution >= 4 is 11.5 Å². The normalized spacial score (nSPS) is 10.5. The quantitative estimate of drug-likeness (QED) is 0.630. The van der Waals surface area contributed by atoms with E-state index in [2.05, 4.69) is 10.1 Å². The van der Waals surface area contributed by atoms with Crippen LogP contribution in [-0.2, 0) is 0 Å². The van der Waals surface area contributed by atoms with Crippen LogP contribution in [0, 0.1) is 0 Å². The number of carboxylic acid groups (broad SMARTS) is 1. The molecule has 0 aromatic carbocycles. The Balaban J connectivity index is 2.91. The molecule has 6 nitrogen and oxygen atoms in total. The van der Waals surface area contributed by atoms with Crippen molar-refractivity contribution in [3.05, 3.63) is 34.5 Å². The second kappa shape index (κ2) is 2.44. The van der Waals surface area contributed by atoms with Crippen molar-refractivity contribution in [2.45, 2.75) is 0 Å². The number of aromatic carboxylic acids is 1. The summed E-state index contributed by atoms with van der Waals surface area (Å²) in [6.45, 7) is 0. The van der Waals surface area contributed by atoms with Crippen LogP contribution in [0.15, 0.2) is 23.3 Å². The molecule has 0 fully saturated rings. The number of aromatic amines is 1. The lowest BCUT2D eigenvalue weighted by atomic mass is 10.4. The molecular formula is C7H5N3O3. The van der Waals surface area contributed by atoms with Crippen LogP contribution in [0.2, 0.25) is 0 Å². The molecule has 2 aromatic rings. The Labute approximate surface area is 71.4 Å². The van der Waals surface area contributed by atoms with Crippen molar-refractivity contribution in [3.8, 4) is 0 Å². The SMILES string of the molecule is O=C(O)c1ccc2c(=O)[nH]cnn12. The fraction of sp³-hybridized carbons (Fsp3) is 0. The van der Waals surface area contributed by atoms with Crippen LogP contribution < -0.4 is 5.56 Å². The van der Waals surface area contributed by atoms with Gasteiger partial charge in [-0.05, 0) is 12.1 Å². The molecule has 2 rings (SSSR count). The van der Waals surface area contributed by atoms with Crippen molar-refractivity contribution < 1.29 is 9.90 Å². The lowest BCUT2D eigenvalue weighted by molar-refractivity contribution is 0.0688. The number of nitrogens with one attached hydrogen (secondary N) is 1. The summed E-state index contributed by atoms with van der Waals surface area (Å²) in [7, 11) is 0. The Morgan fingerprint density at radius 2 is 2.31 bits per heavy atom. The van der Waals surface area contributed by atoms with Crippen LogP contribution in [0.5, 0.6) is 0 Å². The lowest BCUT2D eigenvalue weighted by Gasteiger charge is -1.93. The van der Waals surface area contributed by atoms with Gasteiger partial charge in [-0.1, -0.05) is 0 Å². The molecule has 0 aliphatic carbocycles. The summed E-state index contributed by atoms with van der Waals surface area (Å²) >= 11 is 0. The fourth-order valence-corrected chi connectivity index (χ4v) is 1.11. The average molecular weight is 179 g/mol. The van der Waals surface area contributed by atoms with Gasteiger partial charge in [0, 0.05) is 0 Å². The number of nitrogens with zero attached hydrogens (tertiary/aromatic N) is 2. The maximum absolute atomic E-state index is 11.1. The van der Waals surface area contributed by atoms with Gasteiger partial charge in [0.2, 0.25) is 0 Å². The average Bonchev–Trinajstić information content (AvgIpc) is 2.48. The summed E-state index contributed by atoms with van der Waals surface area (Å²) in [6.07, 6.45) is 1.15. The van der Waals surface area contributed by atoms with Gasteiger partial charge in [-0.3, -0.25) is 4.79 Å².